The van der Waals surface area contributed by atoms with Crippen LogP contribution in [0, 0.1) is 5.21 Å². The summed E-state index contributed by atoms with van der Waals surface area (Å²) in [5.74, 6) is 0. The van der Waals surface area contributed by atoms with Gasteiger partial charge in [-0.1, -0.05) is 12.1 Å². The zero-order chi connectivity index (χ0) is 15.6. The van der Waals surface area contributed by atoms with E-state index in [-0.39, 0.29) is 0 Å². The van der Waals surface area contributed by atoms with Crippen molar-refractivity contribution in [3.8, 4) is 0 Å². The monoisotopic (exact) mass is 318 g/mol. The minimum absolute atomic E-state index is 0.496. The van der Waals surface area contributed by atoms with Crippen molar-refractivity contribution in [3.05, 3.63) is 29.5 Å². The number of benzene rings is 1. The van der Waals surface area contributed by atoms with Crippen LogP contribution in [0.5, 0.6) is 0 Å². The van der Waals surface area contributed by atoms with E-state index in [2.05, 4.69) is 14.7 Å². The molecule has 122 valence electrons. The molecule has 0 saturated carbocycles. The second-order valence-corrected chi connectivity index (χ2v) is 5.79. The smallest absolute Gasteiger partial charge is 0.492 e. The Labute approximate surface area is 133 Å². The average molecular weight is 318 g/mol. The maximum atomic E-state index is 11.9. The van der Waals surface area contributed by atoms with Crippen LogP contribution in [0.4, 0.5) is 0 Å². The first-order chi connectivity index (χ1) is 11.3. The Morgan fingerprint density at radius 1 is 1.17 bits per heavy atom. The van der Waals surface area contributed by atoms with Crippen LogP contribution in [0.2, 0.25) is 0 Å². The van der Waals surface area contributed by atoms with Crippen LogP contribution >= 0.6 is 0 Å². The largest absolute Gasteiger partial charge is 0.691 e. The molecule has 2 aliphatic heterocycles. The molecule has 2 saturated heterocycles. The standard InChI is InChI=1S/C15H20N5O3/c21-19-13-5-1-2-6-14(13)20(16-19)23-15(17-7-3-4-8-17)18-9-11-22-12-10-18/h1-2,5-6H,3-4,7-12H2/q+1. The van der Waals surface area contributed by atoms with E-state index < -0.39 is 0 Å². The van der Waals surface area contributed by atoms with Crippen LogP contribution in [0.1, 0.15) is 12.8 Å². The molecule has 0 spiro atoms. The number of hydrogen-bond acceptors (Lipinski definition) is 4. The molecule has 3 heterocycles. The van der Waals surface area contributed by atoms with Gasteiger partial charge in [-0.3, -0.25) is 0 Å². The van der Waals surface area contributed by atoms with Crippen molar-refractivity contribution >= 4 is 17.1 Å². The molecule has 0 N–H and O–H groups in total. The first-order valence-electron chi connectivity index (χ1n) is 8.03. The van der Waals surface area contributed by atoms with Crippen LogP contribution in [0.3, 0.4) is 0 Å². The molecule has 0 bridgehead atoms. The first-order valence-corrected chi connectivity index (χ1v) is 8.03. The van der Waals surface area contributed by atoms with Gasteiger partial charge in [0.1, 0.15) is 18.3 Å². The summed E-state index contributed by atoms with van der Waals surface area (Å²) in [5.41, 5.74) is 1.16. The number of aromatic nitrogens is 3. The van der Waals surface area contributed by atoms with Gasteiger partial charge in [0, 0.05) is 0 Å². The van der Waals surface area contributed by atoms with E-state index in [4.69, 9.17) is 9.57 Å². The molecular formula is C15H20N5O3+. The number of ether oxygens (including phenoxy) is 1. The fourth-order valence-corrected chi connectivity index (χ4v) is 3.08. The van der Waals surface area contributed by atoms with Gasteiger partial charge in [-0.2, -0.15) is 4.84 Å². The molecular weight excluding hydrogens is 298 g/mol. The SMILES string of the molecule is [O-][n+]1nn(OC(N2CCOCC2)=[N+]2CCCC2)c2ccccc21. The fraction of sp³-hybridized carbons (Fsp3) is 0.533. The highest BCUT2D eigenvalue weighted by atomic mass is 16.7. The number of para-hydroxylation sites is 2. The van der Waals surface area contributed by atoms with Gasteiger partial charge in [0.2, 0.25) is 11.0 Å². The van der Waals surface area contributed by atoms with E-state index in [1.54, 1.807) is 6.07 Å². The third-order valence-electron chi connectivity index (χ3n) is 4.28. The van der Waals surface area contributed by atoms with Crippen LogP contribution in [0.25, 0.3) is 11.0 Å². The Morgan fingerprint density at radius 3 is 2.70 bits per heavy atom. The lowest BCUT2D eigenvalue weighted by molar-refractivity contribution is -0.649. The van der Waals surface area contributed by atoms with Crippen LogP contribution in [0.15, 0.2) is 24.3 Å². The zero-order valence-electron chi connectivity index (χ0n) is 12.9. The van der Waals surface area contributed by atoms with E-state index in [0.29, 0.717) is 29.1 Å². The highest BCUT2D eigenvalue weighted by Gasteiger charge is 2.33. The molecule has 8 heteroatoms. The summed E-state index contributed by atoms with van der Waals surface area (Å²) in [6.45, 7) is 4.85. The van der Waals surface area contributed by atoms with Crippen LogP contribution in [-0.4, -0.2) is 64.9 Å². The number of amidine groups is 1. The Morgan fingerprint density at radius 2 is 1.91 bits per heavy atom. The Kier molecular flexibility index (Phi) is 3.74. The number of morpholine rings is 1. The molecule has 1 aromatic heterocycles. The van der Waals surface area contributed by atoms with Gasteiger partial charge in [-0.15, -0.1) is 4.85 Å². The molecule has 4 rings (SSSR count). The Balaban J connectivity index is 1.70. The normalized spacial score (nSPS) is 18.6. The van der Waals surface area contributed by atoms with Crippen molar-refractivity contribution in [3.63, 3.8) is 0 Å². The average Bonchev–Trinajstić information content (AvgIpc) is 3.23. The van der Waals surface area contributed by atoms with Gasteiger partial charge in [0.05, 0.1) is 31.1 Å². The van der Waals surface area contributed by atoms with Gasteiger partial charge in [0.25, 0.3) is 0 Å². The minimum atomic E-state index is 0.496. The van der Waals surface area contributed by atoms with Crippen molar-refractivity contribution in [2.45, 2.75) is 12.8 Å². The topological polar surface area (TPSA) is 69.5 Å². The zero-order valence-corrected chi connectivity index (χ0v) is 12.9. The van der Waals surface area contributed by atoms with Gasteiger partial charge in [-0.25, -0.2) is 9.48 Å². The Hall–Kier alpha value is -2.35. The highest BCUT2D eigenvalue weighted by Crippen LogP contribution is 2.10. The summed E-state index contributed by atoms with van der Waals surface area (Å²) >= 11 is 0. The molecule has 0 radical (unpaired) electrons. The lowest BCUT2D eigenvalue weighted by atomic mass is 10.3. The van der Waals surface area contributed by atoms with E-state index in [1.807, 2.05) is 18.2 Å². The maximum absolute atomic E-state index is 11.9. The number of fused-ring (bicyclic) bond motifs is 1. The number of hydrogen-bond donors (Lipinski definition) is 0. The summed E-state index contributed by atoms with van der Waals surface area (Å²) in [6, 6.07) is 8.01. The first kappa shape index (κ1) is 14.3. The minimum Gasteiger partial charge on any atom is -0.691 e. The number of nitrogens with zero attached hydrogens (tertiary/aromatic N) is 5. The second kappa shape index (κ2) is 6.04. The lowest BCUT2D eigenvalue weighted by Gasteiger charge is -2.22. The fourth-order valence-electron chi connectivity index (χ4n) is 3.08. The predicted octanol–water partition coefficient (Wildman–Crippen LogP) is -0.407. The van der Waals surface area contributed by atoms with E-state index >= 15 is 0 Å². The summed E-state index contributed by atoms with van der Waals surface area (Å²) in [5, 5.41) is 15.9. The summed E-state index contributed by atoms with van der Waals surface area (Å²) < 4.78 is 7.65. The molecule has 0 aliphatic carbocycles. The molecule has 2 aromatic rings. The molecule has 0 unspecified atom stereocenters. The molecule has 2 fully saturated rings. The summed E-state index contributed by atoms with van der Waals surface area (Å²) in [6.07, 6.45) is 2.30. The van der Waals surface area contributed by atoms with Crippen molar-refractivity contribution in [2.24, 2.45) is 0 Å². The van der Waals surface area contributed by atoms with Gasteiger partial charge >= 0.3 is 6.02 Å². The maximum Gasteiger partial charge on any atom is 0.492 e. The van der Waals surface area contributed by atoms with Crippen molar-refractivity contribution < 1.29 is 19.0 Å². The van der Waals surface area contributed by atoms with Gasteiger partial charge in [-0.05, 0) is 25.0 Å². The van der Waals surface area contributed by atoms with E-state index in [9.17, 15) is 5.21 Å². The highest BCUT2D eigenvalue weighted by molar-refractivity contribution is 5.73. The van der Waals surface area contributed by atoms with Gasteiger partial charge < -0.3 is 9.94 Å². The summed E-state index contributed by atoms with van der Waals surface area (Å²) in [4.78, 5) is 10.2. The third-order valence-corrected chi connectivity index (χ3v) is 4.28. The van der Waals surface area contributed by atoms with Crippen molar-refractivity contribution in [2.75, 3.05) is 39.4 Å². The Bertz CT molecular complexity index is 728. The van der Waals surface area contributed by atoms with Gasteiger partial charge in [0.15, 0.2) is 0 Å². The quantitative estimate of drug-likeness (QED) is 0.406. The molecule has 0 atom stereocenters. The van der Waals surface area contributed by atoms with E-state index in [1.165, 1.54) is 4.85 Å². The molecule has 0 amide bonds. The number of rotatable bonds is 1. The molecule has 1 aromatic carbocycles. The van der Waals surface area contributed by atoms with Crippen LogP contribution in [-0.2, 0) is 4.74 Å². The van der Waals surface area contributed by atoms with Crippen molar-refractivity contribution in [1.29, 1.82) is 0 Å². The van der Waals surface area contributed by atoms with Crippen LogP contribution < -0.4 is 9.68 Å². The van der Waals surface area contributed by atoms with Crippen molar-refractivity contribution in [1.82, 2.24) is 15.0 Å². The lowest BCUT2D eigenvalue weighted by Crippen LogP contribution is -2.49. The predicted molar refractivity (Wildman–Crippen MR) is 81.9 cm³/mol. The van der Waals surface area contributed by atoms with E-state index in [0.717, 1.165) is 45.0 Å². The molecule has 2 aliphatic rings. The second-order valence-electron chi connectivity index (χ2n) is 5.79. The third kappa shape index (κ3) is 2.70. The molecule has 8 nitrogen and oxygen atoms in total. The molecule has 23 heavy (non-hydrogen) atoms. The summed E-state index contributed by atoms with van der Waals surface area (Å²) in [7, 11) is 0.